The van der Waals surface area contributed by atoms with Gasteiger partial charge < -0.3 is 10.2 Å². The van der Waals surface area contributed by atoms with Gasteiger partial charge in [-0.2, -0.15) is 0 Å². The third-order valence-corrected chi connectivity index (χ3v) is 6.44. The lowest BCUT2D eigenvalue weighted by atomic mass is 9.90. The SMILES string of the molecule is Cc1cccc(N2CC(C(=O)Nc3nnc(C4CCCCC4)s3)CC2=O)c1. The summed E-state index contributed by atoms with van der Waals surface area (Å²) in [5.74, 6) is -0.0439. The minimum atomic E-state index is -0.361. The highest BCUT2D eigenvalue weighted by Gasteiger charge is 2.35. The van der Waals surface area contributed by atoms with E-state index in [1.807, 2.05) is 31.2 Å². The Bertz CT molecular complexity index is 844. The standard InChI is InChI=1S/C20H24N4O2S/c1-13-6-5-9-16(10-13)24-12-15(11-17(24)25)18(26)21-20-23-22-19(27-20)14-7-3-2-4-8-14/h5-6,9-10,14-15H,2-4,7-8,11-12H2,1H3,(H,21,23,26). The lowest BCUT2D eigenvalue weighted by molar-refractivity contribution is -0.122. The van der Waals surface area contributed by atoms with E-state index in [0.717, 1.165) is 29.1 Å². The molecular formula is C20H24N4O2S. The number of anilines is 2. The van der Waals surface area contributed by atoms with Crippen molar-refractivity contribution in [3.05, 3.63) is 34.8 Å². The van der Waals surface area contributed by atoms with Crippen molar-refractivity contribution in [2.75, 3.05) is 16.8 Å². The number of aryl methyl sites for hydroxylation is 1. The minimum Gasteiger partial charge on any atom is -0.312 e. The van der Waals surface area contributed by atoms with Crippen LogP contribution in [0, 0.1) is 12.8 Å². The van der Waals surface area contributed by atoms with Crippen molar-refractivity contribution in [1.82, 2.24) is 10.2 Å². The second-order valence-corrected chi connectivity index (χ2v) is 8.52. The van der Waals surface area contributed by atoms with Gasteiger partial charge in [0.1, 0.15) is 5.01 Å². The summed E-state index contributed by atoms with van der Waals surface area (Å²) in [6.07, 6.45) is 6.33. The molecule has 2 fully saturated rings. The van der Waals surface area contributed by atoms with E-state index < -0.39 is 0 Å². The smallest absolute Gasteiger partial charge is 0.231 e. The molecule has 1 aliphatic heterocycles. The number of benzene rings is 1. The van der Waals surface area contributed by atoms with Gasteiger partial charge >= 0.3 is 0 Å². The fraction of sp³-hybridized carbons (Fsp3) is 0.500. The zero-order valence-corrected chi connectivity index (χ0v) is 16.3. The number of nitrogens with zero attached hydrogens (tertiary/aromatic N) is 3. The molecule has 0 radical (unpaired) electrons. The van der Waals surface area contributed by atoms with Crippen LogP contribution >= 0.6 is 11.3 Å². The Balaban J connectivity index is 1.39. The Morgan fingerprint density at radius 2 is 2.04 bits per heavy atom. The van der Waals surface area contributed by atoms with E-state index in [1.54, 1.807) is 4.90 Å². The van der Waals surface area contributed by atoms with Gasteiger partial charge in [0, 0.05) is 24.6 Å². The van der Waals surface area contributed by atoms with Crippen molar-refractivity contribution >= 4 is 34.0 Å². The monoisotopic (exact) mass is 384 g/mol. The highest BCUT2D eigenvalue weighted by atomic mass is 32.1. The summed E-state index contributed by atoms with van der Waals surface area (Å²) >= 11 is 1.47. The predicted octanol–water partition coefficient (Wildman–Crippen LogP) is 3.89. The zero-order chi connectivity index (χ0) is 18.8. The van der Waals surface area contributed by atoms with Crippen molar-refractivity contribution in [3.8, 4) is 0 Å². The molecule has 6 nitrogen and oxygen atoms in total. The maximum Gasteiger partial charge on any atom is 0.231 e. The van der Waals surface area contributed by atoms with Crippen LogP contribution in [0.5, 0.6) is 0 Å². The largest absolute Gasteiger partial charge is 0.312 e. The highest BCUT2D eigenvalue weighted by molar-refractivity contribution is 7.15. The average Bonchev–Trinajstić information content (AvgIpc) is 3.29. The molecule has 1 aromatic carbocycles. The fourth-order valence-electron chi connectivity index (χ4n) is 3.94. The molecule has 1 atom stereocenters. The van der Waals surface area contributed by atoms with E-state index >= 15 is 0 Å². The molecule has 4 rings (SSSR count). The van der Waals surface area contributed by atoms with Crippen LogP contribution in [0.2, 0.25) is 0 Å². The van der Waals surface area contributed by atoms with E-state index in [-0.39, 0.29) is 24.2 Å². The van der Waals surface area contributed by atoms with Gasteiger partial charge in [0.25, 0.3) is 0 Å². The van der Waals surface area contributed by atoms with Gasteiger partial charge in [-0.1, -0.05) is 42.7 Å². The van der Waals surface area contributed by atoms with Crippen LogP contribution in [0.15, 0.2) is 24.3 Å². The number of carbonyl (C=O) groups excluding carboxylic acids is 2. The van der Waals surface area contributed by atoms with Crippen molar-refractivity contribution < 1.29 is 9.59 Å². The van der Waals surface area contributed by atoms with E-state index in [4.69, 9.17) is 0 Å². The van der Waals surface area contributed by atoms with Gasteiger partial charge in [0.05, 0.1) is 5.92 Å². The predicted molar refractivity (Wildman–Crippen MR) is 106 cm³/mol. The Labute approximate surface area is 163 Å². The molecule has 7 heteroatoms. The molecule has 2 aliphatic rings. The quantitative estimate of drug-likeness (QED) is 0.868. The molecule has 2 aromatic rings. The third-order valence-electron chi connectivity index (χ3n) is 5.43. The number of aromatic nitrogens is 2. The molecule has 1 saturated heterocycles. The van der Waals surface area contributed by atoms with Gasteiger partial charge in [-0.25, -0.2) is 0 Å². The van der Waals surface area contributed by atoms with Crippen molar-refractivity contribution in [1.29, 1.82) is 0 Å². The molecule has 1 unspecified atom stereocenters. The Kier molecular flexibility index (Phi) is 5.20. The van der Waals surface area contributed by atoms with Crippen LogP contribution < -0.4 is 10.2 Å². The number of rotatable bonds is 4. The number of nitrogens with one attached hydrogen (secondary N) is 1. The van der Waals surface area contributed by atoms with Gasteiger partial charge in [-0.05, 0) is 37.5 Å². The summed E-state index contributed by atoms with van der Waals surface area (Å²) in [5.41, 5.74) is 1.95. The normalized spacial score (nSPS) is 20.9. The van der Waals surface area contributed by atoms with Gasteiger partial charge in [0.2, 0.25) is 16.9 Å². The summed E-state index contributed by atoms with van der Waals surface area (Å²) in [6, 6.07) is 7.80. The maximum atomic E-state index is 12.6. The summed E-state index contributed by atoms with van der Waals surface area (Å²) < 4.78 is 0. The van der Waals surface area contributed by atoms with Crippen LogP contribution in [0.1, 0.15) is 55.0 Å². The van der Waals surface area contributed by atoms with E-state index in [1.165, 1.54) is 30.6 Å². The first-order valence-electron chi connectivity index (χ1n) is 9.61. The molecule has 142 valence electrons. The molecule has 27 heavy (non-hydrogen) atoms. The van der Waals surface area contributed by atoms with Crippen LogP contribution in [0.3, 0.4) is 0 Å². The number of amides is 2. The lowest BCUT2D eigenvalue weighted by Crippen LogP contribution is -2.28. The van der Waals surface area contributed by atoms with Gasteiger partial charge in [0.15, 0.2) is 0 Å². The number of carbonyl (C=O) groups is 2. The van der Waals surface area contributed by atoms with Crippen LogP contribution in [0.25, 0.3) is 0 Å². The molecule has 2 heterocycles. The molecule has 1 aromatic heterocycles. The zero-order valence-electron chi connectivity index (χ0n) is 15.5. The maximum absolute atomic E-state index is 12.6. The second-order valence-electron chi connectivity index (χ2n) is 7.51. The molecule has 1 aliphatic carbocycles. The second kappa shape index (κ2) is 7.76. The summed E-state index contributed by atoms with van der Waals surface area (Å²) in [6.45, 7) is 2.40. The van der Waals surface area contributed by atoms with Crippen molar-refractivity contribution in [3.63, 3.8) is 0 Å². The Hall–Kier alpha value is -2.28. The molecule has 1 N–H and O–H groups in total. The van der Waals surface area contributed by atoms with Crippen LogP contribution in [-0.4, -0.2) is 28.6 Å². The summed E-state index contributed by atoms with van der Waals surface area (Å²) in [4.78, 5) is 26.7. The number of hydrogen-bond donors (Lipinski definition) is 1. The number of hydrogen-bond acceptors (Lipinski definition) is 5. The Morgan fingerprint density at radius 3 is 2.81 bits per heavy atom. The minimum absolute atomic E-state index is 0.0130. The summed E-state index contributed by atoms with van der Waals surface area (Å²) in [7, 11) is 0. The van der Waals surface area contributed by atoms with E-state index in [2.05, 4.69) is 15.5 Å². The third kappa shape index (κ3) is 4.03. The average molecular weight is 385 g/mol. The van der Waals surface area contributed by atoms with Crippen molar-refractivity contribution in [2.45, 2.75) is 51.4 Å². The fourth-order valence-corrected chi connectivity index (χ4v) is 4.85. The van der Waals surface area contributed by atoms with Crippen LogP contribution in [-0.2, 0) is 9.59 Å². The Morgan fingerprint density at radius 1 is 1.22 bits per heavy atom. The highest BCUT2D eigenvalue weighted by Crippen LogP contribution is 2.35. The molecular weight excluding hydrogens is 360 g/mol. The molecule has 0 bridgehead atoms. The topological polar surface area (TPSA) is 75.2 Å². The molecule has 2 amide bonds. The first kappa shape index (κ1) is 18.1. The molecule has 1 saturated carbocycles. The van der Waals surface area contributed by atoms with Crippen molar-refractivity contribution in [2.24, 2.45) is 5.92 Å². The van der Waals surface area contributed by atoms with E-state index in [0.29, 0.717) is 17.6 Å². The van der Waals surface area contributed by atoms with E-state index in [9.17, 15) is 9.59 Å². The lowest BCUT2D eigenvalue weighted by Gasteiger charge is -2.18. The first-order valence-corrected chi connectivity index (χ1v) is 10.4. The van der Waals surface area contributed by atoms with Gasteiger partial charge in [-0.3, -0.25) is 9.59 Å². The summed E-state index contributed by atoms with van der Waals surface area (Å²) in [5, 5.41) is 12.9. The molecule has 0 spiro atoms. The van der Waals surface area contributed by atoms with Crippen LogP contribution in [0.4, 0.5) is 10.8 Å². The van der Waals surface area contributed by atoms with Gasteiger partial charge in [-0.15, -0.1) is 10.2 Å². The first-order chi connectivity index (χ1) is 13.1.